The summed E-state index contributed by atoms with van der Waals surface area (Å²) in [6, 6.07) is 9.65. The van der Waals surface area contributed by atoms with Gasteiger partial charge in [0, 0.05) is 25.3 Å². The molecule has 1 N–H and O–H groups in total. The lowest BCUT2D eigenvalue weighted by molar-refractivity contribution is -0.123. The molecule has 0 bridgehead atoms. The number of benzene rings is 1. The van der Waals surface area contributed by atoms with Crippen molar-refractivity contribution in [2.24, 2.45) is 0 Å². The number of nitrogens with zero attached hydrogens (tertiary/aromatic N) is 4. The van der Waals surface area contributed by atoms with Crippen molar-refractivity contribution in [1.82, 2.24) is 25.7 Å². The maximum absolute atomic E-state index is 12.8. The van der Waals surface area contributed by atoms with E-state index in [1.165, 1.54) is 0 Å². The van der Waals surface area contributed by atoms with Gasteiger partial charge in [0.05, 0.1) is 0 Å². The van der Waals surface area contributed by atoms with Gasteiger partial charge in [0.1, 0.15) is 5.54 Å². The Kier molecular flexibility index (Phi) is 6.21. The average Bonchev–Trinajstić information content (AvgIpc) is 3.34. The van der Waals surface area contributed by atoms with Crippen LogP contribution in [0.5, 0.6) is 0 Å². The molecule has 1 amide bonds. The summed E-state index contributed by atoms with van der Waals surface area (Å²) < 4.78 is 10.9. The minimum Gasteiger partial charge on any atom is -0.421 e. The van der Waals surface area contributed by atoms with E-state index in [2.05, 4.69) is 25.7 Å². The summed E-state index contributed by atoms with van der Waals surface area (Å²) >= 11 is 0. The largest absolute Gasteiger partial charge is 0.421 e. The zero-order chi connectivity index (χ0) is 20.8. The Morgan fingerprint density at radius 2 is 1.87 bits per heavy atom. The van der Waals surface area contributed by atoms with E-state index < -0.39 is 5.54 Å². The van der Waals surface area contributed by atoms with Crippen LogP contribution in [0.1, 0.15) is 69.0 Å². The molecule has 0 aliphatic heterocycles. The summed E-state index contributed by atoms with van der Waals surface area (Å²) in [6.07, 6.45) is 7.64. The molecule has 1 fully saturated rings. The molecule has 2 aromatic heterocycles. The van der Waals surface area contributed by atoms with Crippen LogP contribution in [0.25, 0.3) is 11.5 Å². The fourth-order valence-corrected chi connectivity index (χ4v) is 4.01. The van der Waals surface area contributed by atoms with Crippen LogP contribution in [0.15, 0.2) is 39.3 Å². The second-order valence-electron chi connectivity index (χ2n) is 7.90. The van der Waals surface area contributed by atoms with Gasteiger partial charge in [-0.3, -0.25) is 4.79 Å². The molecule has 4 rings (SSSR count). The molecule has 2 heterocycles. The lowest BCUT2D eigenvalue weighted by Crippen LogP contribution is -2.46. The summed E-state index contributed by atoms with van der Waals surface area (Å²) in [4.78, 5) is 17.2. The van der Waals surface area contributed by atoms with Crippen LogP contribution >= 0.6 is 0 Å². The van der Waals surface area contributed by atoms with Gasteiger partial charge in [-0.25, -0.2) is 0 Å². The quantitative estimate of drug-likeness (QED) is 0.585. The predicted octanol–water partition coefficient (Wildman–Crippen LogP) is 4.12. The van der Waals surface area contributed by atoms with Crippen LogP contribution in [0, 0.1) is 6.92 Å². The molecule has 1 aromatic carbocycles. The van der Waals surface area contributed by atoms with Gasteiger partial charge in [-0.2, -0.15) is 4.98 Å². The topological polar surface area (TPSA) is 107 Å². The highest BCUT2D eigenvalue weighted by Gasteiger charge is 2.38. The minimum absolute atomic E-state index is 0.0119. The number of hydrogen-bond acceptors (Lipinski definition) is 7. The van der Waals surface area contributed by atoms with Crippen molar-refractivity contribution in [3.8, 4) is 11.5 Å². The average molecular weight is 409 g/mol. The first-order chi connectivity index (χ1) is 14.6. The molecule has 1 aliphatic carbocycles. The van der Waals surface area contributed by atoms with Crippen LogP contribution in [-0.4, -0.2) is 26.2 Å². The molecule has 0 spiro atoms. The maximum atomic E-state index is 12.8. The van der Waals surface area contributed by atoms with Crippen molar-refractivity contribution in [3.05, 3.63) is 47.9 Å². The molecule has 0 saturated heterocycles. The van der Waals surface area contributed by atoms with Gasteiger partial charge in [0.15, 0.2) is 5.82 Å². The number of rotatable bonds is 7. The van der Waals surface area contributed by atoms with E-state index in [-0.39, 0.29) is 5.91 Å². The normalized spacial score (nSPS) is 16.2. The Morgan fingerprint density at radius 3 is 2.57 bits per heavy atom. The SMILES string of the molecule is Cc1nc(C2(NC(=O)CCCc3nnc(-c4ccccc4)o3)CCCCCC2)no1. The van der Waals surface area contributed by atoms with Crippen LogP contribution < -0.4 is 5.32 Å². The highest BCUT2D eigenvalue weighted by atomic mass is 16.5. The van der Waals surface area contributed by atoms with E-state index >= 15 is 0 Å². The number of carbonyl (C=O) groups excluding carboxylic acids is 1. The van der Waals surface area contributed by atoms with Gasteiger partial charge in [0.2, 0.25) is 23.6 Å². The first-order valence-corrected chi connectivity index (χ1v) is 10.6. The predicted molar refractivity (Wildman–Crippen MR) is 109 cm³/mol. The smallest absolute Gasteiger partial charge is 0.247 e. The minimum atomic E-state index is -0.531. The van der Waals surface area contributed by atoms with Crippen LogP contribution in [-0.2, 0) is 16.8 Å². The Balaban J connectivity index is 1.35. The number of amides is 1. The lowest BCUT2D eigenvalue weighted by atomic mass is 9.89. The Bertz CT molecular complexity index is 958. The van der Waals surface area contributed by atoms with E-state index in [0.717, 1.165) is 44.1 Å². The Morgan fingerprint density at radius 1 is 1.10 bits per heavy atom. The molecular weight excluding hydrogens is 382 g/mol. The molecule has 0 atom stereocenters. The van der Waals surface area contributed by atoms with Crippen molar-refractivity contribution < 1.29 is 13.7 Å². The van der Waals surface area contributed by atoms with Crippen LogP contribution in [0.4, 0.5) is 0 Å². The second kappa shape index (κ2) is 9.19. The van der Waals surface area contributed by atoms with E-state index in [9.17, 15) is 4.79 Å². The standard InChI is InChI=1S/C22H27N5O3/c1-16-23-21(27-30-16)22(14-7-2-3-8-15-22)24-18(28)12-9-13-19-25-26-20(29-19)17-10-5-4-6-11-17/h4-6,10-11H,2-3,7-9,12-15H2,1H3,(H,24,28). The molecule has 0 unspecified atom stereocenters. The van der Waals surface area contributed by atoms with E-state index in [1.54, 1.807) is 6.92 Å². The van der Waals surface area contributed by atoms with Crippen molar-refractivity contribution in [3.63, 3.8) is 0 Å². The molecule has 158 valence electrons. The first-order valence-electron chi connectivity index (χ1n) is 10.6. The lowest BCUT2D eigenvalue weighted by Gasteiger charge is -2.30. The third-order valence-corrected chi connectivity index (χ3v) is 5.57. The third-order valence-electron chi connectivity index (χ3n) is 5.57. The van der Waals surface area contributed by atoms with Gasteiger partial charge in [-0.15, -0.1) is 10.2 Å². The van der Waals surface area contributed by atoms with Gasteiger partial charge < -0.3 is 14.3 Å². The van der Waals surface area contributed by atoms with E-state index in [0.29, 0.717) is 42.8 Å². The molecule has 8 heteroatoms. The number of nitrogens with one attached hydrogen (secondary N) is 1. The summed E-state index contributed by atoms with van der Waals surface area (Å²) in [5.41, 5.74) is 0.357. The molecular formula is C22H27N5O3. The molecule has 0 radical (unpaired) electrons. The summed E-state index contributed by atoms with van der Waals surface area (Å²) in [5, 5.41) is 15.6. The number of aryl methyl sites for hydroxylation is 2. The van der Waals surface area contributed by atoms with Gasteiger partial charge in [-0.1, -0.05) is 49.0 Å². The number of carbonyl (C=O) groups is 1. The summed E-state index contributed by atoms with van der Waals surface area (Å²) in [5.74, 6) is 2.15. The Hall–Kier alpha value is -3.03. The maximum Gasteiger partial charge on any atom is 0.247 e. The fraction of sp³-hybridized carbons (Fsp3) is 0.500. The summed E-state index contributed by atoms with van der Waals surface area (Å²) in [6.45, 7) is 1.77. The number of aromatic nitrogens is 4. The second-order valence-corrected chi connectivity index (χ2v) is 7.90. The van der Waals surface area contributed by atoms with Gasteiger partial charge >= 0.3 is 0 Å². The van der Waals surface area contributed by atoms with Crippen molar-refractivity contribution in [2.75, 3.05) is 0 Å². The highest BCUT2D eigenvalue weighted by molar-refractivity contribution is 5.76. The summed E-state index contributed by atoms with van der Waals surface area (Å²) in [7, 11) is 0. The van der Waals surface area contributed by atoms with E-state index in [4.69, 9.17) is 8.94 Å². The van der Waals surface area contributed by atoms with Crippen molar-refractivity contribution in [2.45, 2.75) is 70.3 Å². The third kappa shape index (κ3) is 4.75. The molecule has 8 nitrogen and oxygen atoms in total. The zero-order valence-corrected chi connectivity index (χ0v) is 17.3. The van der Waals surface area contributed by atoms with Crippen LogP contribution in [0.3, 0.4) is 0 Å². The fourth-order valence-electron chi connectivity index (χ4n) is 4.01. The van der Waals surface area contributed by atoms with Gasteiger partial charge in [0.25, 0.3) is 0 Å². The molecule has 30 heavy (non-hydrogen) atoms. The Labute approximate surface area is 175 Å². The van der Waals surface area contributed by atoms with E-state index in [1.807, 2.05) is 30.3 Å². The van der Waals surface area contributed by atoms with Gasteiger partial charge in [-0.05, 0) is 31.4 Å². The van der Waals surface area contributed by atoms with Crippen molar-refractivity contribution in [1.29, 1.82) is 0 Å². The zero-order valence-electron chi connectivity index (χ0n) is 17.3. The molecule has 1 aliphatic rings. The molecule has 3 aromatic rings. The van der Waals surface area contributed by atoms with Crippen LogP contribution in [0.2, 0.25) is 0 Å². The monoisotopic (exact) mass is 409 g/mol. The number of hydrogen-bond donors (Lipinski definition) is 1. The highest BCUT2D eigenvalue weighted by Crippen LogP contribution is 2.34. The molecule has 1 saturated carbocycles. The van der Waals surface area contributed by atoms with Crippen molar-refractivity contribution >= 4 is 5.91 Å². The first kappa shape index (κ1) is 20.3.